The molecule has 0 aliphatic heterocycles. The number of hydrogen-bond donors (Lipinski definition) is 2. The van der Waals surface area contributed by atoms with E-state index >= 15 is 0 Å². The molecule has 10 aromatic carbocycles. The molecule has 0 bridgehead atoms. The summed E-state index contributed by atoms with van der Waals surface area (Å²) in [6, 6.07) is 73.7. The first-order valence-electron chi connectivity index (χ1n) is 22.5. The number of fused-ring (bicyclic) bond motifs is 18. The summed E-state index contributed by atoms with van der Waals surface area (Å²) < 4.78 is 18.1. The Kier molecular flexibility index (Phi) is 8.23. The minimum Gasteiger partial charge on any atom is -0.452 e. The van der Waals surface area contributed by atoms with Gasteiger partial charge in [-0.15, -0.1) is 0 Å². The number of aromatic amines is 1. The number of benzene rings is 10. The van der Waals surface area contributed by atoms with Gasteiger partial charge in [0, 0.05) is 70.8 Å². The minimum absolute atomic E-state index is 0.669. The van der Waals surface area contributed by atoms with Gasteiger partial charge >= 0.3 is 0 Å². The lowest BCUT2D eigenvalue weighted by molar-refractivity contribution is 0.672. The van der Waals surface area contributed by atoms with Crippen LogP contribution in [0.15, 0.2) is 221 Å². The highest BCUT2D eigenvalue weighted by atomic mass is 35.5. The van der Waals surface area contributed by atoms with E-state index in [1.54, 1.807) is 0 Å². The summed E-state index contributed by atoms with van der Waals surface area (Å²) in [7, 11) is 0. The van der Waals surface area contributed by atoms with Crippen LogP contribution in [0.4, 0.5) is 11.4 Å². The van der Waals surface area contributed by atoms with Gasteiger partial charge in [-0.05, 0) is 78.9 Å². The van der Waals surface area contributed by atoms with Crippen molar-refractivity contribution < 1.29 is 8.83 Å². The van der Waals surface area contributed by atoms with E-state index in [0.29, 0.717) is 5.02 Å². The number of halogens is 1. The molecule has 0 aliphatic carbocycles. The molecule has 316 valence electrons. The van der Waals surface area contributed by atoms with Crippen LogP contribution in [0.5, 0.6) is 0 Å². The topological polar surface area (TPSA) is 64.0 Å². The van der Waals surface area contributed by atoms with Crippen LogP contribution in [-0.2, 0) is 0 Å². The van der Waals surface area contributed by atoms with Crippen molar-refractivity contribution in [1.29, 1.82) is 0 Å². The van der Waals surface area contributed by atoms with Gasteiger partial charge in [-0.2, -0.15) is 0 Å². The largest absolute Gasteiger partial charge is 0.452 e. The van der Waals surface area contributed by atoms with Gasteiger partial charge in [-0.25, -0.2) is 0 Å². The number of para-hydroxylation sites is 7. The molecular formula is C60H37ClN4O2. The van der Waals surface area contributed by atoms with Crippen molar-refractivity contribution in [2.45, 2.75) is 0 Å². The summed E-state index contributed by atoms with van der Waals surface area (Å²) in [6.45, 7) is 0. The Labute approximate surface area is 387 Å². The van der Waals surface area contributed by atoms with E-state index in [1.807, 2.05) is 42.5 Å². The summed E-state index contributed by atoms with van der Waals surface area (Å²) in [4.78, 5) is 3.60. The van der Waals surface area contributed by atoms with E-state index in [9.17, 15) is 0 Å². The first-order valence-corrected chi connectivity index (χ1v) is 22.8. The standard InChI is InChI=1S/C30H19ClN2O.C30H18N2O/c31-24-13-5-6-14-25(24)32-26-15-8-12-22-23-18-17-21-20-11-4-7-16-27(20)33(19-9-2-1-3-10-19)28(21)30(23)34-29(22)26;1-2-8-18(9-3-1)32-26-13-7-5-11-20(26)22-15-17-24-23-16-14-21-19-10-4-6-12-25(19)31-27(21)29(23)33-30(24)28(22)32/h1-18,32H;1-17,31H. The van der Waals surface area contributed by atoms with Crippen LogP contribution in [0.25, 0.3) is 121 Å². The third-order valence-electron chi connectivity index (χ3n) is 13.4. The van der Waals surface area contributed by atoms with Crippen molar-refractivity contribution in [3.05, 3.63) is 217 Å². The van der Waals surface area contributed by atoms with Crippen molar-refractivity contribution in [2.75, 3.05) is 5.32 Å². The number of furan rings is 2. The lowest BCUT2D eigenvalue weighted by Crippen LogP contribution is -1.93. The number of hydrogen-bond acceptors (Lipinski definition) is 3. The van der Waals surface area contributed by atoms with E-state index < -0.39 is 0 Å². The summed E-state index contributed by atoms with van der Waals surface area (Å²) in [5.74, 6) is 0. The monoisotopic (exact) mass is 880 g/mol. The van der Waals surface area contributed by atoms with Gasteiger partial charge in [-0.1, -0.05) is 145 Å². The van der Waals surface area contributed by atoms with Crippen LogP contribution in [0.1, 0.15) is 0 Å². The molecule has 0 unspecified atom stereocenters. The van der Waals surface area contributed by atoms with E-state index in [1.165, 1.54) is 37.8 Å². The Morgan fingerprint density at radius 1 is 0.343 bits per heavy atom. The van der Waals surface area contributed by atoms with Gasteiger partial charge in [-0.3, -0.25) is 0 Å². The maximum atomic E-state index is 6.75. The molecule has 0 spiro atoms. The molecule has 0 fully saturated rings. The zero-order chi connectivity index (χ0) is 44.2. The Morgan fingerprint density at radius 2 is 0.791 bits per heavy atom. The summed E-state index contributed by atoms with van der Waals surface area (Å²) >= 11 is 6.42. The molecule has 7 heteroatoms. The van der Waals surface area contributed by atoms with Gasteiger partial charge < -0.3 is 28.3 Å². The van der Waals surface area contributed by atoms with Crippen LogP contribution >= 0.6 is 11.6 Å². The number of nitrogens with one attached hydrogen (secondary N) is 2. The second kappa shape index (κ2) is 14.7. The Morgan fingerprint density at radius 3 is 1.42 bits per heavy atom. The van der Waals surface area contributed by atoms with Gasteiger partial charge in [0.1, 0.15) is 0 Å². The number of anilines is 2. The third-order valence-corrected chi connectivity index (χ3v) is 13.7. The highest BCUT2D eigenvalue weighted by Crippen LogP contribution is 2.44. The highest BCUT2D eigenvalue weighted by Gasteiger charge is 2.22. The first-order chi connectivity index (χ1) is 33.2. The molecule has 0 saturated carbocycles. The van der Waals surface area contributed by atoms with E-state index in [0.717, 1.165) is 94.2 Å². The van der Waals surface area contributed by atoms with Crippen LogP contribution in [0, 0.1) is 0 Å². The fourth-order valence-corrected chi connectivity index (χ4v) is 10.6. The molecule has 15 rings (SSSR count). The predicted molar refractivity (Wildman–Crippen MR) is 280 cm³/mol. The average Bonchev–Trinajstić information content (AvgIpc) is 4.20. The summed E-state index contributed by atoms with van der Waals surface area (Å²) in [6.07, 6.45) is 0. The summed E-state index contributed by atoms with van der Waals surface area (Å²) in [5, 5.41) is 15.8. The van der Waals surface area contributed by atoms with Crippen LogP contribution in [0.2, 0.25) is 5.02 Å². The number of H-pyrrole nitrogens is 1. The Balaban J connectivity index is 0.000000127. The molecule has 0 atom stereocenters. The Hall–Kier alpha value is -8.71. The molecule has 15 aromatic rings. The Bertz CT molecular complexity index is 4440. The van der Waals surface area contributed by atoms with Gasteiger partial charge in [0.15, 0.2) is 22.3 Å². The van der Waals surface area contributed by atoms with Crippen molar-refractivity contribution in [3.63, 3.8) is 0 Å². The van der Waals surface area contributed by atoms with E-state index in [2.05, 4.69) is 189 Å². The fraction of sp³-hybridized carbons (Fsp3) is 0. The average molecular weight is 881 g/mol. The fourth-order valence-electron chi connectivity index (χ4n) is 10.5. The molecule has 5 heterocycles. The number of aromatic nitrogens is 3. The van der Waals surface area contributed by atoms with Gasteiger partial charge in [0.25, 0.3) is 0 Å². The van der Waals surface area contributed by atoms with Crippen LogP contribution in [0.3, 0.4) is 0 Å². The highest BCUT2D eigenvalue weighted by molar-refractivity contribution is 6.33. The lowest BCUT2D eigenvalue weighted by atomic mass is 10.1. The zero-order valence-corrected chi connectivity index (χ0v) is 36.6. The van der Waals surface area contributed by atoms with Crippen molar-refractivity contribution in [2.24, 2.45) is 0 Å². The second-order valence-corrected chi connectivity index (χ2v) is 17.5. The summed E-state index contributed by atoms with van der Waals surface area (Å²) in [5.41, 5.74) is 14.2. The smallest absolute Gasteiger partial charge is 0.160 e. The molecule has 0 amide bonds. The number of nitrogens with zero attached hydrogens (tertiary/aromatic N) is 2. The normalized spacial score (nSPS) is 12.0. The van der Waals surface area contributed by atoms with Crippen molar-refractivity contribution in [1.82, 2.24) is 14.1 Å². The molecule has 2 N–H and O–H groups in total. The first kappa shape index (κ1) is 37.6. The molecule has 5 aromatic heterocycles. The molecule has 0 radical (unpaired) electrons. The third kappa shape index (κ3) is 5.64. The van der Waals surface area contributed by atoms with Gasteiger partial charge in [0.05, 0.1) is 44.0 Å². The second-order valence-electron chi connectivity index (χ2n) is 17.1. The molecule has 0 saturated heterocycles. The van der Waals surface area contributed by atoms with Gasteiger partial charge in [0.2, 0.25) is 0 Å². The molecular weight excluding hydrogens is 844 g/mol. The number of rotatable bonds is 4. The quantitative estimate of drug-likeness (QED) is 0.185. The van der Waals surface area contributed by atoms with E-state index in [-0.39, 0.29) is 0 Å². The maximum absolute atomic E-state index is 6.75. The van der Waals surface area contributed by atoms with Crippen molar-refractivity contribution >= 4 is 132 Å². The SMILES string of the molecule is Clc1ccccc1Nc1cccc2c1oc1c2ccc2c3ccccc3n(-c3ccccc3)c21.c1ccc(-n2c3ccccc3c3ccc4c5ccc6c7ccccc7[nH]c6c5oc4c32)cc1. The maximum Gasteiger partial charge on any atom is 0.160 e. The molecule has 0 aliphatic rings. The van der Waals surface area contributed by atoms with E-state index in [4.69, 9.17) is 20.4 Å². The molecule has 67 heavy (non-hydrogen) atoms. The predicted octanol–water partition coefficient (Wildman–Crippen LogP) is 17.4. The van der Waals surface area contributed by atoms with Crippen LogP contribution < -0.4 is 5.32 Å². The zero-order valence-electron chi connectivity index (χ0n) is 35.8. The lowest BCUT2D eigenvalue weighted by Gasteiger charge is -2.08. The van der Waals surface area contributed by atoms with Crippen molar-refractivity contribution in [3.8, 4) is 11.4 Å². The minimum atomic E-state index is 0.669. The van der Waals surface area contributed by atoms with Crippen LogP contribution in [-0.4, -0.2) is 14.1 Å². The molecule has 6 nitrogen and oxygen atoms in total.